The standard InChI is InChI=1S/C15H23ClN2O2/c1-11(5-4-8-19)17-15(20)18-12(2)9-13-6-3-7-14(16)10-13/h3,6-7,10-12,19H,4-5,8-9H2,1-2H3,(H2,17,18,20)/t11-,12-/m0/s1. The normalized spacial score (nSPS) is 13.6. The van der Waals surface area contributed by atoms with E-state index in [0.717, 1.165) is 18.4 Å². The Hall–Kier alpha value is -1.26. The molecule has 5 heteroatoms. The van der Waals surface area contributed by atoms with E-state index >= 15 is 0 Å². The molecular weight excluding hydrogens is 276 g/mol. The second-order valence-corrected chi connectivity index (χ2v) is 5.56. The van der Waals surface area contributed by atoms with Crippen molar-refractivity contribution >= 4 is 17.6 Å². The van der Waals surface area contributed by atoms with Crippen LogP contribution >= 0.6 is 11.6 Å². The fraction of sp³-hybridized carbons (Fsp3) is 0.533. The molecule has 0 saturated heterocycles. The van der Waals surface area contributed by atoms with Crippen molar-refractivity contribution in [2.24, 2.45) is 0 Å². The van der Waals surface area contributed by atoms with Crippen LogP contribution in [0.3, 0.4) is 0 Å². The van der Waals surface area contributed by atoms with Gasteiger partial charge in [0.1, 0.15) is 0 Å². The summed E-state index contributed by atoms with van der Waals surface area (Å²) in [6.07, 6.45) is 2.20. The molecule has 4 nitrogen and oxygen atoms in total. The van der Waals surface area contributed by atoms with Gasteiger partial charge in [-0.05, 0) is 50.8 Å². The quantitative estimate of drug-likeness (QED) is 0.725. The lowest BCUT2D eigenvalue weighted by atomic mass is 10.1. The van der Waals surface area contributed by atoms with Crippen LogP contribution in [0.25, 0.3) is 0 Å². The van der Waals surface area contributed by atoms with Gasteiger partial charge in [0.05, 0.1) is 0 Å². The molecule has 0 saturated carbocycles. The topological polar surface area (TPSA) is 61.4 Å². The molecular formula is C15H23ClN2O2. The van der Waals surface area contributed by atoms with Gasteiger partial charge in [-0.15, -0.1) is 0 Å². The smallest absolute Gasteiger partial charge is 0.315 e. The van der Waals surface area contributed by atoms with Crippen LogP contribution < -0.4 is 10.6 Å². The predicted octanol–water partition coefficient (Wildman–Crippen LogP) is 2.73. The number of rotatable bonds is 7. The van der Waals surface area contributed by atoms with Crippen LogP contribution in [0.5, 0.6) is 0 Å². The van der Waals surface area contributed by atoms with Crippen molar-refractivity contribution in [3.63, 3.8) is 0 Å². The third-order valence-corrected chi connectivity index (χ3v) is 3.22. The minimum atomic E-state index is -0.176. The summed E-state index contributed by atoms with van der Waals surface area (Å²) in [6, 6.07) is 7.54. The highest BCUT2D eigenvalue weighted by molar-refractivity contribution is 6.30. The number of aliphatic hydroxyl groups is 1. The number of hydrogen-bond acceptors (Lipinski definition) is 2. The Labute approximate surface area is 125 Å². The van der Waals surface area contributed by atoms with Gasteiger partial charge in [0.25, 0.3) is 0 Å². The molecule has 0 fully saturated rings. The first-order valence-corrected chi connectivity index (χ1v) is 7.31. The monoisotopic (exact) mass is 298 g/mol. The SMILES string of the molecule is C[C@@H](CCCO)NC(=O)N[C@@H](C)Cc1cccc(Cl)c1. The second-order valence-electron chi connectivity index (χ2n) is 5.12. The highest BCUT2D eigenvalue weighted by Crippen LogP contribution is 2.12. The maximum Gasteiger partial charge on any atom is 0.315 e. The number of hydrogen-bond donors (Lipinski definition) is 3. The lowest BCUT2D eigenvalue weighted by Crippen LogP contribution is -2.45. The van der Waals surface area contributed by atoms with Gasteiger partial charge in [-0.25, -0.2) is 4.79 Å². The third kappa shape index (κ3) is 6.78. The number of benzene rings is 1. The molecule has 20 heavy (non-hydrogen) atoms. The maximum atomic E-state index is 11.8. The largest absolute Gasteiger partial charge is 0.396 e. The fourth-order valence-corrected chi connectivity index (χ4v) is 2.24. The molecule has 0 radical (unpaired) electrons. The fourth-order valence-electron chi connectivity index (χ4n) is 2.03. The second kappa shape index (κ2) is 8.82. The van der Waals surface area contributed by atoms with Crippen LogP contribution in [0.15, 0.2) is 24.3 Å². The van der Waals surface area contributed by atoms with E-state index in [1.807, 2.05) is 38.1 Å². The van der Waals surface area contributed by atoms with E-state index in [0.29, 0.717) is 11.4 Å². The van der Waals surface area contributed by atoms with Gasteiger partial charge in [0, 0.05) is 23.7 Å². The summed E-state index contributed by atoms with van der Waals surface area (Å²) in [4.78, 5) is 11.8. The molecule has 0 aliphatic carbocycles. The maximum absolute atomic E-state index is 11.8. The van der Waals surface area contributed by atoms with Gasteiger partial charge in [-0.3, -0.25) is 0 Å². The molecule has 2 amide bonds. The van der Waals surface area contributed by atoms with Crippen LogP contribution in [0.4, 0.5) is 4.79 Å². The summed E-state index contributed by atoms with van der Waals surface area (Å²) < 4.78 is 0. The first-order chi connectivity index (χ1) is 9.51. The van der Waals surface area contributed by atoms with Gasteiger partial charge >= 0.3 is 6.03 Å². The lowest BCUT2D eigenvalue weighted by molar-refractivity contribution is 0.231. The van der Waals surface area contributed by atoms with Gasteiger partial charge in [0.2, 0.25) is 0 Å². The summed E-state index contributed by atoms with van der Waals surface area (Å²) in [7, 11) is 0. The Bertz CT molecular complexity index is 426. The molecule has 0 bridgehead atoms. The lowest BCUT2D eigenvalue weighted by Gasteiger charge is -2.18. The molecule has 1 aromatic rings. The van der Waals surface area contributed by atoms with E-state index in [4.69, 9.17) is 16.7 Å². The van der Waals surface area contributed by atoms with E-state index in [2.05, 4.69) is 10.6 Å². The molecule has 1 rings (SSSR count). The van der Waals surface area contributed by atoms with Crippen LogP contribution in [0.2, 0.25) is 5.02 Å². The van der Waals surface area contributed by atoms with Crippen molar-refractivity contribution in [3.8, 4) is 0 Å². The van der Waals surface area contributed by atoms with Crippen molar-refractivity contribution in [2.75, 3.05) is 6.61 Å². The number of carbonyl (C=O) groups is 1. The van der Waals surface area contributed by atoms with E-state index in [1.54, 1.807) is 0 Å². The highest BCUT2D eigenvalue weighted by atomic mass is 35.5. The van der Waals surface area contributed by atoms with Gasteiger partial charge in [-0.1, -0.05) is 23.7 Å². The Morgan fingerprint density at radius 2 is 2.00 bits per heavy atom. The van der Waals surface area contributed by atoms with Gasteiger partial charge in [0.15, 0.2) is 0 Å². The molecule has 112 valence electrons. The molecule has 0 heterocycles. The van der Waals surface area contributed by atoms with Crippen molar-refractivity contribution in [3.05, 3.63) is 34.9 Å². The molecule has 0 unspecified atom stereocenters. The zero-order valence-electron chi connectivity index (χ0n) is 12.0. The third-order valence-electron chi connectivity index (χ3n) is 2.98. The number of carbonyl (C=O) groups excluding carboxylic acids is 1. The minimum Gasteiger partial charge on any atom is -0.396 e. The summed E-state index contributed by atoms with van der Waals surface area (Å²) in [5.41, 5.74) is 1.10. The number of aliphatic hydroxyl groups excluding tert-OH is 1. The molecule has 2 atom stereocenters. The Kier molecular flexibility index (Phi) is 7.41. The van der Waals surface area contributed by atoms with Crippen LogP contribution in [0.1, 0.15) is 32.3 Å². The Morgan fingerprint density at radius 1 is 1.30 bits per heavy atom. The summed E-state index contributed by atoms with van der Waals surface area (Å²) >= 11 is 5.93. The number of amides is 2. The van der Waals surface area contributed by atoms with Crippen molar-refractivity contribution in [2.45, 2.75) is 45.2 Å². The zero-order valence-corrected chi connectivity index (χ0v) is 12.8. The average Bonchev–Trinajstić information content (AvgIpc) is 2.35. The van der Waals surface area contributed by atoms with E-state index in [1.165, 1.54) is 0 Å². The van der Waals surface area contributed by atoms with Crippen molar-refractivity contribution in [1.82, 2.24) is 10.6 Å². The molecule has 3 N–H and O–H groups in total. The van der Waals surface area contributed by atoms with E-state index in [9.17, 15) is 4.79 Å². The average molecular weight is 299 g/mol. The zero-order chi connectivity index (χ0) is 15.0. The predicted molar refractivity (Wildman–Crippen MR) is 82.1 cm³/mol. The van der Waals surface area contributed by atoms with E-state index in [-0.39, 0.29) is 24.7 Å². The summed E-state index contributed by atoms with van der Waals surface area (Å²) in [5.74, 6) is 0. The Morgan fingerprint density at radius 3 is 2.65 bits per heavy atom. The van der Waals surface area contributed by atoms with Crippen LogP contribution in [0, 0.1) is 0 Å². The highest BCUT2D eigenvalue weighted by Gasteiger charge is 2.10. The molecule has 0 aliphatic heterocycles. The van der Waals surface area contributed by atoms with Gasteiger partial charge in [-0.2, -0.15) is 0 Å². The Balaban J connectivity index is 2.34. The van der Waals surface area contributed by atoms with Gasteiger partial charge < -0.3 is 15.7 Å². The molecule has 0 spiro atoms. The van der Waals surface area contributed by atoms with Crippen molar-refractivity contribution in [1.29, 1.82) is 0 Å². The number of urea groups is 1. The van der Waals surface area contributed by atoms with Crippen LogP contribution in [-0.2, 0) is 6.42 Å². The first-order valence-electron chi connectivity index (χ1n) is 6.93. The minimum absolute atomic E-state index is 0.0264. The summed E-state index contributed by atoms with van der Waals surface area (Å²) in [6.45, 7) is 4.04. The number of nitrogens with one attached hydrogen (secondary N) is 2. The molecule has 0 aromatic heterocycles. The van der Waals surface area contributed by atoms with Crippen molar-refractivity contribution < 1.29 is 9.90 Å². The van der Waals surface area contributed by atoms with E-state index < -0.39 is 0 Å². The molecule has 0 aliphatic rings. The number of halogens is 1. The molecule has 1 aromatic carbocycles. The summed E-state index contributed by atoms with van der Waals surface area (Å²) in [5, 5.41) is 15.2. The van der Waals surface area contributed by atoms with Crippen LogP contribution in [-0.4, -0.2) is 29.8 Å². The first kappa shape index (κ1) is 16.8.